The van der Waals surface area contributed by atoms with Crippen molar-refractivity contribution in [3.8, 4) is 11.3 Å². The van der Waals surface area contributed by atoms with E-state index in [0.29, 0.717) is 50.3 Å². The number of aromatic nitrogens is 2. The van der Waals surface area contributed by atoms with E-state index in [1.807, 2.05) is 12.1 Å². The lowest BCUT2D eigenvalue weighted by molar-refractivity contribution is -0.143. The summed E-state index contributed by atoms with van der Waals surface area (Å²) in [7, 11) is 0. The van der Waals surface area contributed by atoms with Crippen LogP contribution in [-0.2, 0) is 28.7 Å². The quantitative estimate of drug-likeness (QED) is 0.203. The summed E-state index contributed by atoms with van der Waals surface area (Å²) < 4.78 is 60.0. The first-order valence-electron chi connectivity index (χ1n) is 14.8. The molecule has 2 fully saturated rings. The highest BCUT2D eigenvalue weighted by molar-refractivity contribution is 7.12. The molecule has 0 aliphatic carbocycles. The number of anilines is 1. The van der Waals surface area contributed by atoms with Gasteiger partial charge >= 0.3 is 12.1 Å². The summed E-state index contributed by atoms with van der Waals surface area (Å²) in [4.78, 5) is 28.7. The number of benzene rings is 1. The number of halogens is 4. The zero-order valence-electron chi connectivity index (χ0n) is 24.5. The zero-order chi connectivity index (χ0) is 30.6. The summed E-state index contributed by atoms with van der Waals surface area (Å²) in [5.41, 5.74) is 1.36. The van der Waals surface area contributed by atoms with Gasteiger partial charge in [-0.3, -0.25) is 19.6 Å². The number of esters is 1. The van der Waals surface area contributed by atoms with Gasteiger partial charge in [0.05, 0.1) is 29.3 Å². The van der Waals surface area contributed by atoms with Crippen molar-refractivity contribution in [3.05, 3.63) is 63.5 Å². The van der Waals surface area contributed by atoms with Gasteiger partial charge in [0.15, 0.2) is 0 Å². The molecular weight excluding hydrogens is 582 g/mol. The molecule has 0 radical (unpaired) electrons. The molecule has 5 rings (SSSR count). The maximum Gasteiger partial charge on any atom is 0.416 e. The van der Waals surface area contributed by atoms with Gasteiger partial charge in [-0.25, -0.2) is 9.37 Å². The fourth-order valence-corrected chi connectivity index (χ4v) is 6.87. The Balaban J connectivity index is 1.32. The van der Waals surface area contributed by atoms with Gasteiger partial charge in [-0.1, -0.05) is 0 Å². The van der Waals surface area contributed by atoms with Gasteiger partial charge < -0.3 is 9.64 Å². The molecular formula is C31H37F4N5O2S. The molecule has 43 heavy (non-hydrogen) atoms. The maximum atomic E-state index is 14.4. The highest BCUT2D eigenvalue weighted by atomic mass is 32.1. The van der Waals surface area contributed by atoms with Gasteiger partial charge in [0.2, 0.25) is 0 Å². The van der Waals surface area contributed by atoms with Gasteiger partial charge in [0.25, 0.3) is 0 Å². The van der Waals surface area contributed by atoms with Gasteiger partial charge in [-0.15, -0.1) is 11.3 Å². The van der Waals surface area contributed by atoms with E-state index in [2.05, 4.69) is 26.6 Å². The van der Waals surface area contributed by atoms with Crippen LogP contribution in [0, 0.1) is 5.82 Å². The Morgan fingerprint density at radius 3 is 2.60 bits per heavy atom. The number of nitrogens with zero attached hydrogens (tertiary/aromatic N) is 5. The molecule has 0 spiro atoms. The third-order valence-corrected chi connectivity index (χ3v) is 9.12. The third kappa shape index (κ3) is 8.10. The lowest BCUT2D eigenvalue weighted by atomic mass is 10.1. The summed E-state index contributed by atoms with van der Waals surface area (Å²) in [5, 5.41) is 0.725. The smallest absolute Gasteiger partial charge is 0.416 e. The minimum Gasteiger partial charge on any atom is -0.466 e. The lowest BCUT2D eigenvalue weighted by Crippen LogP contribution is -2.47. The van der Waals surface area contributed by atoms with E-state index < -0.39 is 17.6 Å². The fraction of sp³-hybridized carbons (Fsp3) is 0.516. The van der Waals surface area contributed by atoms with Crippen molar-refractivity contribution in [2.45, 2.75) is 58.3 Å². The van der Waals surface area contributed by atoms with E-state index in [-0.39, 0.29) is 11.5 Å². The van der Waals surface area contributed by atoms with E-state index in [1.54, 1.807) is 13.1 Å². The molecule has 0 N–H and O–H groups in total. The average Bonchev–Trinajstić information content (AvgIpc) is 3.57. The Morgan fingerprint density at radius 2 is 1.91 bits per heavy atom. The molecule has 2 aliphatic heterocycles. The first kappa shape index (κ1) is 31.3. The summed E-state index contributed by atoms with van der Waals surface area (Å²) in [6.07, 6.45) is 0.0422. The summed E-state index contributed by atoms with van der Waals surface area (Å²) >= 11 is 1.46. The van der Waals surface area contributed by atoms with Crippen LogP contribution >= 0.6 is 11.3 Å². The van der Waals surface area contributed by atoms with E-state index in [1.165, 1.54) is 11.3 Å². The van der Waals surface area contributed by atoms with Crippen molar-refractivity contribution < 1.29 is 27.1 Å². The zero-order valence-corrected chi connectivity index (χ0v) is 25.3. The minimum absolute atomic E-state index is 0.138. The van der Waals surface area contributed by atoms with Gasteiger partial charge in [0.1, 0.15) is 5.82 Å². The van der Waals surface area contributed by atoms with E-state index in [0.717, 1.165) is 79.0 Å². The molecule has 0 bridgehead atoms. The normalized spacial score (nSPS) is 18.4. The van der Waals surface area contributed by atoms with Crippen molar-refractivity contribution in [2.75, 3.05) is 50.8 Å². The second-order valence-electron chi connectivity index (χ2n) is 11.1. The Bertz CT molecular complexity index is 1410. The van der Waals surface area contributed by atoms with Crippen LogP contribution in [0.2, 0.25) is 0 Å². The van der Waals surface area contributed by atoms with Crippen molar-refractivity contribution in [1.29, 1.82) is 0 Å². The molecule has 232 valence electrons. The molecule has 2 aliphatic rings. The van der Waals surface area contributed by atoms with Crippen LogP contribution in [0.15, 0.2) is 36.5 Å². The number of thiazole rings is 1. The second-order valence-corrected chi connectivity index (χ2v) is 12.3. The lowest BCUT2D eigenvalue weighted by Gasteiger charge is -2.36. The van der Waals surface area contributed by atoms with E-state index in [9.17, 15) is 22.4 Å². The third-order valence-electron chi connectivity index (χ3n) is 8.08. The Labute approximate surface area is 253 Å². The fourth-order valence-electron chi connectivity index (χ4n) is 5.74. The summed E-state index contributed by atoms with van der Waals surface area (Å²) in [6.45, 7) is 9.77. The van der Waals surface area contributed by atoms with Crippen LogP contribution in [0.25, 0.3) is 11.3 Å². The van der Waals surface area contributed by atoms with Crippen molar-refractivity contribution in [3.63, 3.8) is 0 Å². The number of pyridine rings is 1. The molecule has 1 atom stereocenters. The molecule has 0 amide bonds. The van der Waals surface area contributed by atoms with Gasteiger partial charge in [0, 0.05) is 79.7 Å². The van der Waals surface area contributed by atoms with Crippen molar-refractivity contribution in [2.24, 2.45) is 0 Å². The average molecular weight is 620 g/mol. The number of hydrogen-bond acceptors (Lipinski definition) is 8. The monoisotopic (exact) mass is 619 g/mol. The van der Waals surface area contributed by atoms with Crippen LogP contribution in [0.3, 0.4) is 0 Å². The van der Waals surface area contributed by atoms with Crippen LogP contribution in [-0.4, -0.2) is 77.7 Å². The van der Waals surface area contributed by atoms with Gasteiger partial charge in [-0.2, -0.15) is 13.2 Å². The molecule has 2 aromatic heterocycles. The van der Waals surface area contributed by atoms with Crippen LogP contribution in [0.5, 0.6) is 0 Å². The number of hydrogen-bond donors (Lipinski definition) is 0. The highest BCUT2D eigenvalue weighted by Crippen LogP contribution is 2.37. The Kier molecular flexibility index (Phi) is 9.98. The molecule has 2 saturated heterocycles. The Morgan fingerprint density at radius 1 is 1.12 bits per heavy atom. The SMILES string of the molecule is CCOC(=O)CCN1CCN(c2ccnc(Cc3nc(-c4cc(F)cc(C(F)(F)F)c4)c(CN4CCC[C@H]4C)s3)c2)CC1. The summed E-state index contributed by atoms with van der Waals surface area (Å²) in [5.74, 6) is -1.11. The predicted molar refractivity (Wildman–Crippen MR) is 159 cm³/mol. The van der Waals surface area contributed by atoms with Crippen LogP contribution in [0.4, 0.5) is 23.2 Å². The number of alkyl halides is 3. The second kappa shape index (κ2) is 13.7. The topological polar surface area (TPSA) is 61.8 Å². The molecule has 1 aromatic carbocycles. The van der Waals surface area contributed by atoms with E-state index in [4.69, 9.17) is 9.72 Å². The first-order chi connectivity index (χ1) is 20.6. The summed E-state index contributed by atoms with van der Waals surface area (Å²) in [6, 6.07) is 7.01. The number of carbonyl (C=O) groups excluding carboxylic acids is 1. The minimum atomic E-state index is -4.66. The number of piperazine rings is 1. The number of rotatable bonds is 10. The number of likely N-dealkylation sites (tertiary alicyclic amines) is 1. The molecule has 0 unspecified atom stereocenters. The molecule has 3 aromatic rings. The number of ether oxygens (including phenoxy) is 1. The van der Waals surface area contributed by atoms with Crippen LogP contribution in [0.1, 0.15) is 54.3 Å². The van der Waals surface area contributed by atoms with Crippen LogP contribution < -0.4 is 4.90 Å². The Hall–Kier alpha value is -3.09. The largest absolute Gasteiger partial charge is 0.466 e. The van der Waals surface area contributed by atoms with E-state index >= 15 is 0 Å². The maximum absolute atomic E-state index is 14.4. The molecule has 7 nitrogen and oxygen atoms in total. The van der Waals surface area contributed by atoms with Gasteiger partial charge in [-0.05, 0) is 63.6 Å². The standard InChI is InChI=1S/C31H37F4N5O2S/c1-3-42-29(41)7-10-38-11-13-39(14-12-38)26-6-8-36-25(18-26)19-28-37-30(27(43-28)20-40-9-4-5-21(40)2)22-15-23(31(33,34)35)17-24(32)16-22/h6,8,15-18,21H,3-5,7,9-14,19-20H2,1-2H3/t21-/m1/s1. The molecule has 0 saturated carbocycles. The molecule has 12 heteroatoms. The van der Waals surface area contributed by atoms with Crippen molar-refractivity contribution in [1.82, 2.24) is 19.8 Å². The highest BCUT2D eigenvalue weighted by Gasteiger charge is 2.32. The van der Waals surface area contributed by atoms with Crippen molar-refractivity contribution >= 4 is 23.0 Å². The predicted octanol–water partition coefficient (Wildman–Crippen LogP) is 6.01. The first-order valence-corrected chi connectivity index (χ1v) is 15.6. The molecule has 4 heterocycles. The number of carbonyl (C=O) groups is 1.